The van der Waals surface area contributed by atoms with Crippen molar-refractivity contribution in [1.29, 1.82) is 0 Å². The lowest BCUT2D eigenvalue weighted by Crippen LogP contribution is -2.37. The lowest BCUT2D eigenvalue weighted by atomic mass is 9.88. The molecule has 1 fully saturated rings. The molecule has 2 atom stereocenters. The van der Waals surface area contributed by atoms with Crippen LogP contribution >= 0.6 is 15.9 Å². The average Bonchev–Trinajstić information content (AvgIpc) is 2.66. The number of halogens is 2. The first kappa shape index (κ1) is 16.0. The number of nitrogens with one attached hydrogen (secondary N) is 1. The van der Waals surface area contributed by atoms with Gasteiger partial charge in [-0.1, -0.05) is 32.3 Å². The summed E-state index contributed by atoms with van der Waals surface area (Å²) < 4.78 is 13.9. The first-order chi connectivity index (χ1) is 9.70. The second kappa shape index (κ2) is 8.14. The van der Waals surface area contributed by atoms with Crippen molar-refractivity contribution in [2.24, 2.45) is 5.92 Å². The highest BCUT2D eigenvalue weighted by Crippen LogP contribution is 2.28. The van der Waals surface area contributed by atoms with E-state index in [9.17, 15) is 4.39 Å². The number of rotatable bonds is 5. The van der Waals surface area contributed by atoms with Gasteiger partial charge in [0.15, 0.2) is 0 Å². The number of hydrogen-bond acceptors (Lipinski definition) is 1. The molecular formula is C17H25BrFN. The number of benzene rings is 1. The molecule has 0 radical (unpaired) electrons. The van der Waals surface area contributed by atoms with Crippen molar-refractivity contribution in [3.63, 3.8) is 0 Å². The summed E-state index contributed by atoms with van der Waals surface area (Å²) in [6.07, 6.45) is 8.84. The molecule has 20 heavy (non-hydrogen) atoms. The second-order valence-corrected chi connectivity index (χ2v) is 6.77. The Morgan fingerprint density at radius 1 is 1.25 bits per heavy atom. The van der Waals surface area contributed by atoms with Gasteiger partial charge in [-0.3, -0.25) is 0 Å². The molecule has 1 N–H and O–H groups in total. The van der Waals surface area contributed by atoms with Gasteiger partial charge in [0.2, 0.25) is 0 Å². The maximum atomic E-state index is 13.3. The minimum atomic E-state index is -0.171. The van der Waals surface area contributed by atoms with Gasteiger partial charge in [0.1, 0.15) is 5.82 Å². The molecule has 0 aliphatic heterocycles. The normalized spacial score (nSPS) is 23.6. The van der Waals surface area contributed by atoms with Crippen LogP contribution in [0.25, 0.3) is 0 Å². The van der Waals surface area contributed by atoms with Crippen LogP contribution in [0.2, 0.25) is 0 Å². The van der Waals surface area contributed by atoms with Crippen LogP contribution in [0.1, 0.15) is 51.0 Å². The molecule has 0 bridgehead atoms. The minimum Gasteiger partial charge on any atom is -0.314 e. The Bertz CT molecular complexity index is 421. The Morgan fingerprint density at radius 3 is 2.80 bits per heavy atom. The van der Waals surface area contributed by atoms with E-state index < -0.39 is 0 Å². The molecule has 0 spiro atoms. The molecule has 0 heterocycles. The Hall–Kier alpha value is -0.410. The first-order valence-corrected chi connectivity index (χ1v) is 8.67. The molecule has 1 aliphatic carbocycles. The van der Waals surface area contributed by atoms with Crippen molar-refractivity contribution >= 4 is 15.9 Å². The Kier molecular flexibility index (Phi) is 6.50. The molecule has 1 aromatic rings. The van der Waals surface area contributed by atoms with E-state index in [0.29, 0.717) is 16.4 Å². The van der Waals surface area contributed by atoms with Gasteiger partial charge in [-0.15, -0.1) is 0 Å². The summed E-state index contributed by atoms with van der Waals surface area (Å²) in [6, 6.07) is 6.07. The molecule has 1 aromatic carbocycles. The zero-order valence-corrected chi connectivity index (χ0v) is 13.9. The maximum Gasteiger partial charge on any atom is 0.137 e. The van der Waals surface area contributed by atoms with Gasteiger partial charge < -0.3 is 5.32 Å². The second-order valence-electron chi connectivity index (χ2n) is 5.91. The number of hydrogen-bond donors (Lipinski definition) is 1. The van der Waals surface area contributed by atoms with Gasteiger partial charge in [0.05, 0.1) is 4.47 Å². The van der Waals surface area contributed by atoms with E-state index >= 15 is 0 Å². The minimum absolute atomic E-state index is 0.171. The van der Waals surface area contributed by atoms with E-state index in [4.69, 9.17) is 0 Å². The van der Waals surface area contributed by atoms with Gasteiger partial charge in [0, 0.05) is 6.04 Å². The molecule has 1 saturated carbocycles. The van der Waals surface area contributed by atoms with E-state index in [1.54, 1.807) is 6.07 Å². The highest BCUT2D eigenvalue weighted by Gasteiger charge is 2.23. The molecular weight excluding hydrogens is 317 g/mol. The fourth-order valence-electron chi connectivity index (χ4n) is 3.20. The molecule has 2 unspecified atom stereocenters. The third-order valence-electron chi connectivity index (χ3n) is 4.30. The standard InChI is InChI=1S/C17H25BrFN/c1-2-10-20-17-7-5-3-4-6-14(17)11-13-8-9-16(19)15(18)12-13/h8-9,12,14,17,20H,2-7,10-11H2,1H3. The highest BCUT2D eigenvalue weighted by atomic mass is 79.9. The summed E-state index contributed by atoms with van der Waals surface area (Å²) in [5, 5.41) is 3.72. The van der Waals surface area contributed by atoms with Crippen molar-refractivity contribution in [2.75, 3.05) is 6.54 Å². The highest BCUT2D eigenvalue weighted by molar-refractivity contribution is 9.10. The van der Waals surface area contributed by atoms with E-state index in [1.807, 2.05) is 12.1 Å². The van der Waals surface area contributed by atoms with Crippen molar-refractivity contribution in [1.82, 2.24) is 5.32 Å². The van der Waals surface area contributed by atoms with Gasteiger partial charge in [0.25, 0.3) is 0 Å². The summed E-state index contributed by atoms with van der Waals surface area (Å²) in [5.74, 6) is 0.511. The van der Waals surface area contributed by atoms with Gasteiger partial charge in [-0.25, -0.2) is 4.39 Å². The molecule has 0 saturated heterocycles. The first-order valence-electron chi connectivity index (χ1n) is 7.88. The van der Waals surface area contributed by atoms with Crippen molar-refractivity contribution < 1.29 is 4.39 Å². The molecule has 0 aromatic heterocycles. The topological polar surface area (TPSA) is 12.0 Å². The van der Waals surface area contributed by atoms with Gasteiger partial charge >= 0.3 is 0 Å². The zero-order valence-electron chi connectivity index (χ0n) is 12.3. The van der Waals surface area contributed by atoms with E-state index in [2.05, 4.69) is 28.2 Å². The lowest BCUT2D eigenvalue weighted by molar-refractivity contribution is 0.332. The molecule has 112 valence electrons. The summed E-state index contributed by atoms with van der Waals surface area (Å²) in [6.45, 7) is 3.32. The maximum absolute atomic E-state index is 13.3. The Balaban J connectivity index is 2.03. The Morgan fingerprint density at radius 2 is 2.05 bits per heavy atom. The summed E-state index contributed by atoms with van der Waals surface area (Å²) >= 11 is 3.29. The fourth-order valence-corrected chi connectivity index (χ4v) is 3.62. The van der Waals surface area contributed by atoms with E-state index in [-0.39, 0.29) is 5.82 Å². The predicted molar refractivity (Wildman–Crippen MR) is 86.5 cm³/mol. The van der Waals surface area contributed by atoms with Crippen molar-refractivity contribution in [2.45, 2.75) is 57.9 Å². The van der Waals surface area contributed by atoms with Crippen LogP contribution in [0.3, 0.4) is 0 Å². The summed E-state index contributed by atoms with van der Waals surface area (Å²) in [7, 11) is 0. The molecule has 2 rings (SSSR count). The van der Waals surface area contributed by atoms with E-state index in [0.717, 1.165) is 13.0 Å². The third-order valence-corrected chi connectivity index (χ3v) is 4.91. The fraction of sp³-hybridized carbons (Fsp3) is 0.647. The molecule has 3 heteroatoms. The molecule has 1 aliphatic rings. The summed E-state index contributed by atoms with van der Waals surface area (Å²) in [4.78, 5) is 0. The Labute approximate surface area is 130 Å². The monoisotopic (exact) mass is 341 g/mol. The van der Waals surface area contributed by atoms with Crippen molar-refractivity contribution in [3.8, 4) is 0 Å². The quantitative estimate of drug-likeness (QED) is 0.736. The van der Waals surface area contributed by atoms with Crippen LogP contribution in [0, 0.1) is 11.7 Å². The van der Waals surface area contributed by atoms with E-state index in [1.165, 1.54) is 44.1 Å². The predicted octanol–water partition coefficient (Wildman–Crippen LogP) is 5.08. The smallest absolute Gasteiger partial charge is 0.137 e. The van der Waals surface area contributed by atoms with Crippen LogP contribution in [0.15, 0.2) is 22.7 Å². The largest absolute Gasteiger partial charge is 0.314 e. The van der Waals surface area contributed by atoms with Crippen LogP contribution in [-0.4, -0.2) is 12.6 Å². The van der Waals surface area contributed by atoms with Crippen LogP contribution in [0.5, 0.6) is 0 Å². The van der Waals surface area contributed by atoms with Crippen LogP contribution < -0.4 is 5.32 Å². The van der Waals surface area contributed by atoms with Crippen LogP contribution in [0.4, 0.5) is 4.39 Å². The average molecular weight is 342 g/mol. The molecule has 1 nitrogen and oxygen atoms in total. The SMILES string of the molecule is CCCNC1CCCCCC1Cc1ccc(F)c(Br)c1. The lowest BCUT2D eigenvalue weighted by Gasteiger charge is -2.26. The third kappa shape index (κ3) is 4.56. The zero-order chi connectivity index (χ0) is 14.4. The van der Waals surface area contributed by atoms with Gasteiger partial charge in [-0.2, -0.15) is 0 Å². The van der Waals surface area contributed by atoms with Crippen LogP contribution in [-0.2, 0) is 6.42 Å². The van der Waals surface area contributed by atoms with Crippen molar-refractivity contribution in [3.05, 3.63) is 34.1 Å². The molecule has 0 amide bonds. The van der Waals surface area contributed by atoms with Gasteiger partial charge in [-0.05, 0) is 71.8 Å². The summed E-state index contributed by atoms with van der Waals surface area (Å²) in [5.41, 5.74) is 1.24.